The molecule has 2 heterocycles. The number of aromatic amines is 1. The van der Waals surface area contributed by atoms with Crippen LogP contribution in [-0.4, -0.2) is 28.9 Å². The van der Waals surface area contributed by atoms with Crippen LogP contribution in [0.2, 0.25) is 0 Å². The highest BCUT2D eigenvalue weighted by Crippen LogP contribution is 2.32. The Morgan fingerprint density at radius 1 is 1.00 bits per heavy atom. The molecule has 4 rings (SSSR count). The number of H-pyrrole nitrogens is 1. The Balaban J connectivity index is 1.29. The second-order valence-electron chi connectivity index (χ2n) is 6.83. The molecule has 0 spiro atoms. The molecule has 0 unspecified atom stereocenters. The minimum Gasteiger partial charge on any atom is -0.489 e. The minimum absolute atomic E-state index is 0.287. The van der Waals surface area contributed by atoms with E-state index in [1.807, 2.05) is 37.3 Å². The standard InChI is InChI=1S/C21H23N3O3/c1-15-9-18(23-22-15)12-24(2)11-16-3-6-19(7-4-16)25-13-17-5-8-20-21(10-17)27-14-26-20/h3-10H,11-14H2,1-2H3,(H,22,23). The van der Waals surface area contributed by atoms with Gasteiger partial charge < -0.3 is 14.2 Å². The summed E-state index contributed by atoms with van der Waals surface area (Å²) in [5, 5.41) is 7.26. The van der Waals surface area contributed by atoms with E-state index in [9.17, 15) is 0 Å². The first-order valence-electron chi connectivity index (χ1n) is 8.95. The fourth-order valence-corrected chi connectivity index (χ4v) is 3.09. The highest BCUT2D eigenvalue weighted by molar-refractivity contribution is 5.44. The average Bonchev–Trinajstić information content (AvgIpc) is 3.29. The van der Waals surface area contributed by atoms with Crippen LogP contribution >= 0.6 is 0 Å². The van der Waals surface area contributed by atoms with Crippen LogP contribution in [0.1, 0.15) is 22.5 Å². The third kappa shape index (κ3) is 4.41. The van der Waals surface area contributed by atoms with E-state index in [0.717, 1.165) is 47.3 Å². The Kier molecular flexibility index (Phi) is 4.98. The number of fused-ring (bicyclic) bond motifs is 1. The van der Waals surface area contributed by atoms with Crippen molar-refractivity contribution in [3.8, 4) is 17.2 Å². The molecule has 6 nitrogen and oxygen atoms in total. The summed E-state index contributed by atoms with van der Waals surface area (Å²) in [6, 6.07) is 16.2. The lowest BCUT2D eigenvalue weighted by Crippen LogP contribution is -2.17. The van der Waals surface area contributed by atoms with E-state index in [2.05, 4.69) is 40.3 Å². The third-order valence-electron chi connectivity index (χ3n) is 4.41. The molecule has 0 radical (unpaired) electrons. The second kappa shape index (κ2) is 7.72. The number of hydrogen-bond acceptors (Lipinski definition) is 5. The van der Waals surface area contributed by atoms with Crippen molar-refractivity contribution in [3.63, 3.8) is 0 Å². The number of nitrogens with one attached hydrogen (secondary N) is 1. The van der Waals surface area contributed by atoms with Gasteiger partial charge in [0.1, 0.15) is 12.4 Å². The zero-order valence-corrected chi connectivity index (χ0v) is 15.6. The molecular weight excluding hydrogens is 342 g/mol. The van der Waals surface area contributed by atoms with E-state index in [0.29, 0.717) is 6.61 Å². The summed E-state index contributed by atoms with van der Waals surface area (Å²) in [6.07, 6.45) is 0. The number of hydrogen-bond donors (Lipinski definition) is 1. The second-order valence-corrected chi connectivity index (χ2v) is 6.83. The molecule has 1 aliphatic heterocycles. The largest absolute Gasteiger partial charge is 0.489 e. The van der Waals surface area contributed by atoms with Gasteiger partial charge in [0, 0.05) is 18.8 Å². The molecule has 0 atom stereocenters. The molecule has 1 aromatic heterocycles. The van der Waals surface area contributed by atoms with Crippen molar-refractivity contribution in [1.29, 1.82) is 0 Å². The van der Waals surface area contributed by atoms with E-state index >= 15 is 0 Å². The maximum absolute atomic E-state index is 5.89. The van der Waals surface area contributed by atoms with Crippen molar-refractivity contribution in [1.82, 2.24) is 15.1 Å². The van der Waals surface area contributed by atoms with Gasteiger partial charge in [0.2, 0.25) is 6.79 Å². The predicted octanol–water partition coefficient (Wildman–Crippen LogP) is 3.66. The molecular formula is C21H23N3O3. The SMILES string of the molecule is Cc1cc(CN(C)Cc2ccc(OCc3ccc4c(c3)OCO4)cc2)n[nH]1. The van der Waals surface area contributed by atoms with Gasteiger partial charge in [-0.1, -0.05) is 18.2 Å². The summed E-state index contributed by atoms with van der Waals surface area (Å²) in [7, 11) is 2.09. The van der Waals surface area contributed by atoms with Crippen LogP contribution in [0, 0.1) is 6.92 Å². The first-order chi connectivity index (χ1) is 13.2. The number of nitrogens with zero attached hydrogens (tertiary/aromatic N) is 2. The summed E-state index contributed by atoms with van der Waals surface area (Å²) >= 11 is 0. The van der Waals surface area contributed by atoms with Crippen LogP contribution in [0.3, 0.4) is 0 Å². The van der Waals surface area contributed by atoms with Gasteiger partial charge in [0.05, 0.1) is 5.69 Å². The van der Waals surface area contributed by atoms with Crippen LogP contribution in [0.25, 0.3) is 0 Å². The maximum atomic E-state index is 5.89. The molecule has 2 aromatic carbocycles. The molecule has 0 aliphatic carbocycles. The summed E-state index contributed by atoms with van der Waals surface area (Å²) in [6.45, 7) is 4.46. The van der Waals surface area contributed by atoms with Crippen molar-refractivity contribution < 1.29 is 14.2 Å². The Hall–Kier alpha value is -2.99. The highest BCUT2D eigenvalue weighted by atomic mass is 16.7. The smallest absolute Gasteiger partial charge is 0.231 e. The Morgan fingerprint density at radius 2 is 1.78 bits per heavy atom. The van der Waals surface area contributed by atoms with Crippen molar-refractivity contribution in [3.05, 3.63) is 71.0 Å². The lowest BCUT2D eigenvalue weighted by atomic mass is 10.2. The van der Waals surface area contributed by atoms with Crippen molar-refractivity contribution in [2.24, 2.45) is 0 Å². The van der Waals surface area contributed by atoms with E-state index in [4.69, 9.17) is 14.2 Å². The van der Waals surface area contributed by atoms with Gasteiger partial charge >= 0.3 is 0 Å². The van der Waals surface area contributed by atoms with Crippen LogP contribution in [0.15, 0.2) is 48.5 Å². The third-order valence-corrected chi connectivity index (χ3v) is 4.41. The fraction of sp³-hybridized carbons (Fsp3) is 0.286. The predicted molar refractivity (Wildman–Crippen MR) is 102 cm³/mol. The lowest BCUT2D eigenvalue weighted by Gasteiger charge is -2.15. The van der Waals surface area contributed by atoms with Gasteiger partial charge in [-0.3, -0.25) is 10.00 Å². The average molecular weight is 365 g/mol. The van der Waals surface area contributed by atoms with Crippen molar-refractivity contribution >= 4 is 0 Å². The van der Waals surface area contributed by atoms with Gasteiger partial charge in [-0.2, -0.15) is 5.10 Å². The number of rotatable bonds is 7. The normalized spacial score (nSPS) is 12.6. The molecule has 6 heteroatoms. The van der Waals surface area contributed by atoms with Gasteiger partial charge in [0.15, 0.2) is 11.5 Å². The van der Waals surface area contributed by atoms with Gasteiger partial charge in [0.25, 0.3) is 0 Å². The van der Waals surface area contributed by atoms with E-state index < -0.39 is 0 Å². The van der Waals surface area contributed by atoms with Crippen molar-refractivity contribution in [2.75, 3.05) is 13.8 Å². The highest BCUT2D eigenvalue weighted by Gasteiger charge is 2.13. The van der Waals surface area contributed by atoms with Crippen LogP contribution in [0.4, 0.5) is 0 Å². The molecule has 27 heavy (non-hydrogen) atoms. The van der Waals surface area contributed by atoms with E-state index in [1.54, 1.807) is 0 Å². The number of aryl methyl sites for hydroxylation is 1. The fourth-order valence-electron chi connectivity index (χ4n) is 3.09. The lowest BCUT2D eigenvalue weighted by molar-refractivity contribution is 0.174. The Labute approximate surface area is 158 Å². The van der Waals surface area contributed by atoms with E-state index in [-0.39, 0.29) is 6.79 Å². The van der Waals surface area contributed by atoms with Gasteiger partial charge in [-0.25, -0.2) is 0 Å². The molecule has 0 bridgehead atoms. The zero-order chi connectivity index (χ0) is 18.6. The molecule has 0 saturated heterocycles. The molecule has 3 aromatic rings. The topological polar surface area (TPSA) is 59.6 Å². The van der Waals surface area contributed by atoms with Gasteiger partial charge in [-0.05, 0) is 55.4 Å². The summed E-state index contributed by atoms with van der Waals surface area (Å²) in [5.41, 5.74) is 4.43. The molecule has 0 amide bonds. The number of aromatic nitrogens is 2. The summed E-state index contributed by atoms with van der Waals surface area (Å²) in [4.78, 5) is 2.23. The maximum Gasteiger partial charge on any atom is 0.231 e. The first-order valence-corrected chi connectivity index (χ1v) is 8.95. The monoisotopic (exact) mass is 365 g/mol. The molecule has 140 valence electrons. The molecule has 0 fully saturated rings. The van der Waals surface area contributed by atoms with Crippen LogP contribution in [0.5, 0.6) is 17.2 Å². The summed E-state index contributed by atoms with van der Waals surface area (Å²) in [5.74, 6) is 2.42. The molecule has 1 aliphatic rings. The summed E-state index contributed by atoms with van der Waals surface area (Å²) < 4.78 is 16.6. The molecule has 0 saturated carbocycles. The van der Waals surface area contributed by atoms with E-state index in [1.165, 1.54) is 5.56 Å². The minimum atomic E-state index is 0.287. The van der Waals surface area contributed by atoms with Crippen molar-refractivity contribution in [2.45, 2.75) is 26.6 Å². The number of benzene rings is 2. The van der Waals surface area contributed by atoms with Crippen LogP contribution in [-0.2, 0) is 19.7 Å². The zero-order valence-electron chi connectivity index (χ0n) is 15.6. The Morgan fingerprint density at radius 3 is 2.56 bits per heavy atom. The Bertz CT molecular complexity index is 905. The van der Waals surface area contributed by atoms with Gasteiger partial charge in [-0.15, -0.1) is 0 Å². The first kappa shape index (κ1) is 17.4. The molecule has 1 N–H and O–H groups in total. The number of ether oxygens (including phenoxy) is 3. The quantitative estimate of drug-likeness (QED) is 0.692. The van der Waals surface area contributed by atoms with Crippen LogP contribution < -0.4 is 14.2 Å².